The summed E-state index contributed by atoms with van der Waals surface area (Å²) in [7, 11) is 0. The normalized spacial score (nSPS) is 18.7. The van der Waals surface area contributed by atoms with Crippen LogP contribution >= 0.6 is 0 Å². The molecule has 23 heavy (non-hydrogen) atoms. The van der Waals surface area contributed by atoms with E-state index in [1.807, 2.05) is 18.2 Å². The number of nitrogens with zero attached hydrogens (tertiary/aromatic N) is 3. The smallest absolute Gasteiger partial charge is 0.227 e. The largest absolute Gasteiger partial charge is 0.356 e. The summed E-state index contributed by atoms with van der Waals surface area (Å²) >= 11 is 0. The Kier molecular flexibility index (Phi) is 3.85. The van der Waals surface area contributed by atoms with E-state index in [4.69, 9.17) is 0 Å². The van der Waals surface area contributed by atoms with Crippen molar-refractivity contribution in [2.24, 2.45) is 5.92 Å². The number of amides is 1. The molecular weight excluding hydrogens is 288 g/mol. The Bertz CT molecular complexity index is 718. The minimum absolute atomic E-state index is 0.149. The van der Waals surface area contributed by atoms with Crippen molar-refractivity contribution in [1.82, 2.24) is 9.97 Å². The Morgan fingerprint density at radius 1 is 1.09 bits per heavy atom. The van der Waals surface area contributed by atoms with E-state index in [9.17, 15) is 4.79 Å². The van der Waals surface area contributed by atoms with Gasteiger partial charge in [0.15, 0.2) is 0 Å². The van der Waals surface area contributed by atoms with E-state index in [2.05, 4.69) is 20.2 Å². The van der Waals surface area contributed by atoms with E-state index < -0.39 is 0 Å². The predicted octanol–water partition coefficient (Wildman–Crippen LogP) is 3.36. The van der Waals surface area contributed by atoms with Gasteiger partial charge in [-0.25, -0.2) is 9.97 Å². The van der Waals surface area contributed by atoms with Crippen LogP contribution in [0.1, 0.15) is 38.5 Å². The molecule has 0 unspecified atom stereocenters. The van der Waals surface area contributed by atoms with Gasteiger partial charge in [-0.2, -0.15) is 0 Å². The highest BCUT2D eigenvalue weighted by Gasteiger charge is 2.23. The fraction of sp³-hybridized carbons (Fsp3) is 0.500. The second kappa shape index (κ2) is 6.14. The van der Waals surface area contributed by atoms with Gasteiger partial charge >= 0.3 is 0 Å². The molecule has 4 rings (SSSR count). The molecule has 1 aromatic heterocycles. The van der Waals surface area contributed by atoms with Gasteiger partial charge in [0.1, 0.15) is 12.1 Å². The Hall–Kier alpha value is -2.17. The first-order valence-electron chi connectivity index (χ1n) is 8.62. The second-order valence-electron chi connectivity index (χ2n) is 6.59. The lowest BCUT2D eigenvalue weighted by Crippen LogP contribution is -2.20. The average molecular weight is 310 g/mol. The zero-order valence-corrected chi connectivity index (χ0v) is 13.3. The molecule has 0 atom stereocenters. The molecule has 1 aliphatic heterocycles. The molecule has 2 aromatic rings. The third kappa shape index (κ3) is 2.87. The fourth-order valence-electron chi connectivity index (χ4n) is 3.73. The number of hydrogen-bond acceptors (Lipinski definition) is 4. The maximum atomic E-state index is 12.3. The number of carbonyl (C=O) groups excluding carboxylic acids is 1. The van der Waals surface area contributed by atoms with Gasteiger partial charge in [0, 0.05) is 30.1 Å². The summed E-state index contributed by atoms with van der Waals surface area (Å²) in [6.45, 7) is 2.12. The molecule has 5 nitrogen and oxygen atoms in total. The first kappa shape index (κ1) is 14.4. The Morgan fingerprint density at radius 2 is 1.87 bits per heavy atom. The maximum Gasteiger partial charge on any atom is 0.227 e. The summed E-state index contributed by atoms with van der Waals surface area (Å²) in [6.07, 6.45) is 8.44. The summed E-state index contributed by atoms with van der Waals surface area (Å²) in [5, 5.41) is 4.12. The molecule has 1 aliphatic carbocycles. The highest BCUT2D eigenvalue weighted by atomic mass is 16.1. The number of aromatic nitrogens is 2. The van der Waals surface area contributed by atoms with Gasteiger partial charge in [-0.15, -0.1) is 0 Å². The maximum absolute atomic E-state index is 12.3. The zero-order valence-electron chi connectivity index (χ0n) is 13.3. The van der Waals surface area contributed by atoms with Gasteiger partial charge in [0.2, 0.25) is 5.91 Å². The van der Waals surface area contributed by atoms with E-state index >= 15 is 0 Å². The monoisotopic (exact) mass is 310 g/mol. The zero-order chi connectivity index (χ0) is 15.6. The van der Waals surface area contributed by atoms with Gasteiger partial charge in [-0.05, 0) is 43.9 Å². The molecule has 2 fully saturated rings. The van der Waals surface area contributed by atoms with Crippen LogP contribution in [0.2, 0.25) is 0 Å². The van der Waals surface area contributed by atoms with E-state index in [0.717, 1.165) is 48.3 Å². The standard InChI is InChI=1S/C18H22N4O/c23-18(13-5-1-2-6-13)21-14-7-8-15-16(11-14)19-12-20-17(15)22-9-3-4-10-22/h7-8,11-13H,1-6,9-10H2,(H,21,23). The van der Waals surface area contributed by atoms with Gasteiger partial charge in [0.25, 0.3) is 0 Å². The van der Waals surface area contributed by atoms with Crippen LogP contribution in [0.4, 0.5) is 11.5 Å². The number of benzene rings is 1. The summed E-state index contributed by atoms with van der Waals surface area (Å²) in [5.74, 6) is 1.34. The van der Waals surface area contributed by atoms with Gasteiger partial charge < -0.3 is 10.2 Å². The van der Waals surface area contributed by atoms with Crippen LogP contribution < -0.4 is 10.2 Å². The third-order valence-corrected chi connectivity index (χ3v) is 5.01. The molecule has 5 heteroatoms. The van der Waals surface area contributed by atoms with Crippen molar-refractivity contribution in [2.75, 3.05) is 23.3 Å². The molecule has 1 saturated heterocycles. The number of fused-ring (bicyclic) bond motifs is 1. The third-order valence-electron chi connectivity index (χ3n) is 5.01. The van der Waals surface area contributed by atoms with E-state index in [0.29, 0.717) is 0 Å². The molecule has 1 aromatic carbocycles. The van der Waals surface area contributed by atoms with Crippen molar-refractivity contribution < 1.29 is 4.79 Å². The van der Waals surface area contributed by atoms with E-state index in [1.54, 1.807) is 6.33 Å². The Balaban J connectivity index is 1.59. The molecular formula is C18H22N4O. The van der Waals surface area contributed by atoms with Crippen molar-refractivity contribution in [1.29, 1.82) is 0 Å². The first-order valence-corrected chi connectivity index (χ1v) is 8.62. The minimum Gasteiger partial charge on any atom is -0.356 e. The van der Waals surface area contributed by atoms with Crippen LogP contribution in [0.5, 0.6) is 0 Å². The molecule has 1 N–H and O–H groups in total. The molecule has 0 bridgehead atoms. The van der Waals surface area contributed by atoms with Crippen LogP contribution in [0.25, 0.3) is 10.9 Å². The van der Waals surface area contributed by atoms with Gasteiger partial charge in [-0.1, -0.05) is 12.8 Å². The van der Waals surface area contributed by atoms with Crippen molar-refractivity contribution in [3.63, 3.8) is 0 Å². The number of anilines is 2. The molecule has 1 amide bonds. The fourth-order valence-corrected chi connectivity index (χ4v) is 3.73. The first-order chi connectivity index (χ1) is 11.3. The molecule has 1 saturated carbocycles. The van der Waals surface area contributed by atoms with Crippen molar-refractivity contribution in [3.8, 4) is 0 Å². The molecule has 120 valence electrons. The van der Waals surface area contributed by atoms with E-state index in [-0.39, 0.29) is 11.8 Å². The minimum atomic E-state index is 0.149. The molecule has 0 radical (unpaired) electrons. The second-order valence-corrected chi connectivity index (χ2v) is 6.59. The summed E-state index contributed by atoms with van der Waals surface area (Å²) in [6, 6.07) is 5.97. The van der Waals surface area contributed by atoms with Crippen LogP contribution in [-0.2, 0) is 4.79 Å². The lowest BCUT2D eigenvalue weighted by molar-refractivity contribution is -0.119. The van der Waals surface area contributed by atoms with Gasteiger partial charge in [-0.3, -0.25) is 4.79 Å². The Morgan fingerprint density at radius 3 is 2.65 bits per heavy atom. The number of carbonyl (C=O) groups is 1. The SMILES string of the molecule is O=C(Nc1ccc2c(N3CCCC3)ncnc2c1)C1CCCC1. The van der Waals surface area contributed by atoms with Crippen LogP contribution in [-0.4, -0.2) is 29.0 Å². The number of nitrogens with one attached hydrogen (secondary N) is 1. The lowest BCUT2D eigenvalue weighted by atomic mass is 10.1. The number of rotatable bonds is 3. The highest BCUT2D eigenvalue weighted by molar-refractivity contribution is 5.97. The van der Waals surface area contributed by atoms with Crippen LogP contribution in [0, 0.1) is 5.92 Å². The van der Waals surface area contributed by atoms with Crippen LogP contribution in [0.3, 0.4) is 0 Å². The Labute approximate surface area is 136 Å². The number of hydrogen-bond donors (Lipinski definition) is 1. The highest BCUT2D eigenvalue weighted by Crippen LogP contribution is 2.29. The van der Waals surface area contributed by atoms with Gasteiger partial charge in [0.05, 0.1) is 5.52 Å². The molecule has 2 heterocycles. The lowest BCUT2D eigenvalue weighted by Gasteiger charge is -2.18. The summed E-state index contributed by atoms with van der Waals surface area (Å²) < 4.78 is 0. The summed E-state index contributed by atoms with van der Waals surface area (Å²) in [4.78, 5) is 23.5. The predicted molar refractivity (Wildman–Crippen MR) is 91.6 cm³/mol. The van der Waals surface area contributed by atoms with Crippen LogP contribution in [0.15, 0.2) is 24.5 Å². The quantitative estimate of drug-likeness (QED) is 0.944. The molecule has 2 aliphatic rings. The van der Waals surface area contributed by atoms with Crippen molar-refractivity contribution in [2.45, 2.75) is 38.5 Å². The van der Waals surface area contributed by atoms with Crippen molar-refractivity contribution >= 4 is 28.3 Å². The van der Waals surface area contributed by atoms with E-state index in [1.165, 1.54) is 25.7 Å². The summed E-state index contributed by atoms with van der Waals surface area (Å²) in [5.41, 5.74) is 1.73. The molecule has 0 spiro atoms. The average Bonchev–Trinajstić information content (AvgIpc) is 3.27. The van der Waals surface area contributed by atoms with Crippen molar-refractivity contribution in [3.05, 3.63) is 24.5 Å². The topological polar surface area (TPSA) is 58.1 Å².